The predicted molar refractivity (Wildman–Crippen MR) is 178 cm³/mol. The molecule has 11 heteroatoms. The molecule has 44 heavy (non-hydrogen) atoms. The van der Waals surface area contributed by atoms with Gasteiger partial charge in [0.25, 0.3) is 0 Å². The van der Waals surface area contributed by atoms with Crippen molar-refractivity contribution in [3.8, 4) is 11.8 Å². The number of imide groups is 1. The number of hydrogen-bond acceptors (Lipinski definition) is 7. The van der Waals surface area contributed by atoms with Gasteiger partial charge in [-0.15, -0.1) is 0 Å². The van der Waals surface area contributed by atoms with E-state index in [1.54, 1.807) is 37.2 Å². The van der Waals surface area contributed by atoms with Crippen molar-refractivity contribution in [2.45, 2.75) is 70.2 Å². The van der Waals surface area contributed by atoms with E-state index in [1.165, 1.54) is 24.2 Å². The number of carbonyl (C=O) groups excluding carboxylic acids is 4. The lowest BCUT2D eigenvalue weighted by Gasteiger charge is -2.41. The summed E-state index contributed by atoms with van der Waals surface area (Å²) in [5.74, 6) is 6.40. The zero-order chi connectivity index (χ0) is 32.1. The second kappa shape index (κ2) is 16.7. The lowest BCUT2D eigenvalue weighted by molar-refractivity contribution is -0.126. The molecule has 1 aliphatic rings. The quantitative estimate of drug-likeness (QED) is 0.168. The second-order valence-corrected chi connectivity index (χ2v) is 12.4. The van der Waals surface area contributed by atoms with Crippen LogP contribution in [0, 0.1) is 11.8 Å². The summed E-state index contributed by atoms with van der Waals surface area (Å²) < 4.78 is 2.48. The molecule has 1 aliphatic heterocycles. The van der Waals surface area contributed by atoms with Gasteiger partial charge in [-0.05, 0) is 69.0 Å². The van der Waals surface area contributed by atoms with Crippen LogP contribution in [0.25, 0.3) is 0 Å². The first-order valence-electron chi connectivity index (χ1n) is 14.9. The molecule has 0 spiro atoms. The molecule has 0 saturated carbocycles. The molecule has 1 fully saturated rings. The van der Waals surface area contributed by atoms with Crippen LogP contribution >= 0.6 is 11.9 Å². The number of nitrogens with one attached hydrogen (secondary N) is 3. The average Bonchev–Trinajstić information content (AvgIpc) is 3.00. The summed E-state index contributed by atoms with van der Waals surface area (Å²) in [7, 11) is 3.37. The Morgan fingerprint density at radius 2 is 1.91 bits per heavy atom. The van der Waals surface area contributed by atoms with Crippen molar-refractivity contribution in [2.24, 2.45) is 0 Å². The predicted octanol–water partition coefficient (Wildman–Crippen LogP) is 4.74. The molecule has 10 nitrogen and oxygen atoms in total. The van der Waals surface area contributed by atoms with Crippen LogP contribution in [0.2, 0.25) is 0 Å². The summed E-state index contributed by atoms with van der Waals surface area (Å²) in [4.78, 5) is 50.7. The summed E-state index contributed by atoms with van der Waals surface area (Å²) in [6.07, 6.45) is 6.01. The minimum absolute atomic E-state index is 0.121. The summed E-state index contributed by atoms with van der Waals surface area (Å²) in [5, 5.41) is 7.87. The number of nitrogens with zero attached hydrogens (tertiary/aromatic N) is 3. The number of likely N-dealkylation sites (N-methyl/N-ethyl adjacent to an activating group) is 1. The molecule has 3 rings (SSSR count). The molecule has 0 bridgehead atoms. The van der Waals surface area contributed by atoms with Crippen LogP contribution in [-0.2, 0) is 20.1 Å². The van der Waals surface area contributed by atoms with Gasteiger partial charge in [0.1, 0.15) is 6.04 Å². The number of urea groups is 1. The van der Waals surface area contributed by atoms with Crippen LogP contribution in [0.1, 0.15) is 64.0 Å². The molecule has 2 aromatic rings. The van der Waals surface area contributed by atoms with E-state index in [4.69, 9.17) is 0 Å². The van der Waals surface area contributed by atoms with Gasteiger partial charge in [-0.25, -0.2) is 9.10 Å². The third-order valence-corrected chi connectivity index (χ3v) is 9.09. The van der Waals surface area contributed by atoms with Gasteiger partial charge < -0.3 is 20.4 Å². The first kappa shape index (κ1) is 34.5. The third-order valence-electron chi connectivity index (χ3n) is 7.64. The molecule has 0 aromatic heterocycles. The SMILES string of the molecule is CCCC(C(=O)NC=O)N(C)c1ccc(C#CCNC(=O)Nc2cccc(CSN3CCCCC3(C)C)c2)cc1N(C)C=O. The van der Waals surface area contributed by atoms with Gasteiger partial charge in [-0.3, -0.25) is 19.7 Å². The maximum Gasteiger partial charge on any atom is 0.319 e. The highest BCUT2D eigenvalue weighted by molar-refractivity contribution is 7.96. The largest absolute Gasteiger partial charge is 0.361 e. The Balaban J connectivity index is 1.60. The Kier molecular flexibility index (Phi) is 13.1. The zero-order valence-electron chi connectivity index (χ0n) is 26.3. The maximum atomic E-state index is 12.5. The normalized spacial score (nSPS) is 14.8. The molecule has 5 amide bonds. The van der Waals surface area contributed by atoms with Crippen molar-refractivity contribution in [2.75, 3.05) is 42.3 Å². The number of carbonyl (C=O) groups is 4. The third kappa shape index (κ3) is 9.76. The van der Waals surface area contributed by atoms with Crippen molar-refractivity contribution in [3.05, 3.63) is 53.6 Å². The first-order chi connectivity index (χ1) is 21.1. The highest BCUT2D eigenvalue weighted by atomic mass is 32.2. The average molecular weight is 621 g/mol. The van der Waals surface area contributed by atoms with Crippen molar-refractivity contribution < 1.29 is 19.2 Å². The van der Waals surface area contributed by atoms with Crippen LogP contribution in [0.15, 0.2) is 42.5 Å². The van der Waals surface area contributed by atoms with Gasteiger partial charge in [0.2, 0.25) is 18.7 Å². The Labute approximate surface area is 265 Å². The lowest BCUT2D eigenvalue weighted by atomic mass is 9.93. The van der Waals surface area contributed by atoms with E-state index in [1.807, 2.05) is 37.1 Å². The summed E-state index contributed by atoms with van der Waals surface area (Å²) >= 11 is 1.84. The van der Waals surface area contributed by atoms with Gasteiger partial charge in [-0.2, -0.15) is 0 Å². The van der Waals surface area contributed by atoms with Crippen molar-refractivity contribution in [3.63, 3.8) is 0 Å². The number of anilines is 3. The fourth-order valence-electron chi connectivity index (χ4n) is 5.15. The molecule has 1 saturated heterocycles. The number of piperidine rings is 1. The molecule has 0 aliphatic carbocycles. The number of hydrogen-bond donors (Lipinski definition) is 3. The van der Waals surface area contributed by atoms with Crippen molar-refractivity contribution >= 4 is 53.8 Å². The van der Waals surface area contributed by atoms with E-state index in [-0.39, 0.29) is 18.1 Å². The molecule has 2 aromatic carbocycles. The zero-order valence-corrected chi connectivity index (χ0v) is 27.1. The molecule has 0 radical (unpaired) electrons. The molecule has 3 N–H and O–H groups in total. The Morgan fingerprint density at radius 3 is 2.61 bits per heavy atom. The van der Waals surface area contributed by atoms with Crippen LogP contribution in [-0.4, -0.2) is 67.8 Å². The highest BCUT2D eigenvalue weighted by Gasteiger charge is 2.30. The Hall–Kier alpha value is -4.01. The fraction of sp³-hybridized carbons (Fsp3) is 0.455. The first-order valence-corrected chi connectivity index (χ1v) is 15.9. The fourth-order valence-corrected chi connectivity index (χ4v) is 6.34. The van der Waals surface area contributed by atoms with E-state index >= 15 is 0 Å². The van der Waals surface area contributed by atoms with E-state index < -0.39 is 11.9 Å². The van der Waals surface area contributed by atoms with Crippen LogP contribution in [0.5, 0.6) is 0 Å². The molecular formula is C33H44N6O4S. The van der Waals surface area contributed by atoms with E-state index in [0.717, 1.165) is 30.0 Å². The van der Waals surface area contributed by atoms with Gasteiger partial charge in [-0.1, -0.05) is 55.7 Å². The van der Waals surface area contributed by atoms with Gasteiger partial charge in [0, 0.05) is 43.2 Å². The topological polar surface area (TPSA) is 114 Å². The van der Waals surface area contributed by atoms with Gasteiger partial charge >= 0.3 is 6.03 Å². The summed E-state index contributed by atoms with van der Waals surface area (Å²) in [6.45, 7) is 7.76. The summed E-state index contributed by atoms with van der Waals surface area (Å²) in [6, 6.07) is 12.3. The monoisotopic (exact) mass is 620 g/mol. The molecule has 1 unspecified atom stereocenters. The lowest BCUT2D eigenvalue weighted by Crippen LogP contribution is -2.45. The minimum Gasteiger partial charge on any atom is -0.361 e. The van der Waals surface area contributed by atoms with Crippen molar-refractivity contribution in [1.82, 2.24) is 14.9 Å². The minimum atomic E-state index is -0.593. The van der Waals surface area contributed by atoms with Gasteiger partial charge in [0.15, 0.2) is 0 Å². The van der Waals surface area contributed by atoms with E-state index in [0.29, 0.717) is 36.2 Å². The number of benzene rings is 2. The molecular weight excluding hydrogens is 576 g/mol. The van der Waals surface area contributed by atoms with Crippen molar-refractivity contribution in [1.29, 1.82) is 0 Å². The maximum absolute atomic E-state index is 12.5. The number of rotatable bonds is 13. The molecule has 1 heterocycles. The van der Waals surface area contributed by atoms with Crippen LogP contribution in [0.3, 0.4) is 0 Å². The molecule has 236 valence electrons. The van der Waals surface area contributed by atoms with Crippen LogP contribution < -0.4 is 25.8 Å². The smallest absolute Gasteiger partial charge is 0.319 e. The van der Waals surface area contributed by atoms with E-state index in [9.17, 15) is 19.2 Å². The second-order valence-electron chi connectivity index (χ2n) is 11.4. The van der Waals surface area contributed by atoms with Crippen LogP contribution in [0.4, 0.5) is 21.9 Å². The Morgan fingerprint density at radius 1 is 1.11 bits per heavy atom. The van der Waals surface area contributed by atoms with E-state index in [2.05, 4.69) is 52.0 Å². The number of amides is 5. The van der Waals surface area contributed by atoms with Gasteiger partial charge in [0.05, 0.1) is 17.9 Å². The molecule has 1 atom stereocenters. The summed E-state index contributed by atoms with van der Waals surface area (Å²) in [5.41, 5.74) is 3.89. The highest BCUT2D eigenvalue weighted by Crippen LogP contribution is 2.35. The Bertz CT molecular complexity index is 1370. The standard InChI is InChI=1S/C33H44N6O4S/c1-6-11-29(31(42)35-23-40)38(5)28-16-15-25(21-30(28)37(4)24-41)13-10-18-34-32(43)36-27-14-9-12-26(20-27)22-44-39-19-8-7-17-33(39,2)3/h9,12,14-16,20-21,23-24,29H,6-8,11,17-19,22H2,1-5H3,(H2,34,36,43)(H,35,40,42).